The molecule has 2 N–H and O–H groups in total. The molecule has 0 amide bonds. The number of hydrogen-bond donors (Lipinski definition) is 1. The Hall–Kier alpha value is -0.540. The first-order valence-electron chi connectivity index (χ1n) is 6.09. The predicted octanol–water partition coefficient (Wildman–Crippen LogP) is 3.21. The van der Waals surface area contributed by atoms with Crippen molar-refractivity contribution in [1.29, 1.82) is 0 Å². The maximum absolute atomic E-state index is 5.53. The predicted molar refractivity (Wildman–Crippen MR) is 69.4 cm³/mol. The monoisotopic (exact) mass is 236 g/mol. The first-order valence-corrected chi connectivity index (χ1v) is 6.97. The van der Waals surface area contributed by atoms with E-state index in [2.05, 4.69) is 18.0 Å². The van der Waals surface area contributed by atoms with Crippen molar-refractivity contribution in [2.45, 2.75) is 49.3 Å². The lowest BCUT2D eigenvalue weighted by Crippen LogP contribution is -2.14. The lowest BCUT2D eigenvalue weighted by molar-refractivity contribution is 0.394. The highest BCUT2D eigenvalue weighted by molar-refractivity contribution is 8.00. The van der Waals surface area contributed by atoms with Crippen LogP contribution in [0.2, 0.25) is 0 Å². The van der Waals surface area contributed by atoms with Crippen LogP contribution in [0.4, 0.5) is 0 Å². The van der Waals surface area contributed by atoms with E-state index < -0.39 is 0 Å². The summed E-state index contributed by atoms with van der Waals surface area (Å²) in [5.74, 6) is 0.891. The number of aromatic nitrogens is 1. The fourth-order valence-electron chi connectivity index (χ4n) is 2.28. The van der Waals surface area contributed by atoms with E-state index in [1.165, 1.54) is 30.6 Å². The van der Waals surface area contributed by atoms with Gasteiger partial charge in [-0.1, -0.05) is 19.8 Å². The zero-order chi connectivity index (χ0) is 11.4. The highest BCUT2D eigenvalue weighted by Gasteiger charge is 2.19. The fraction of sp³-hybridized carbons (Fsp3) is 0.615. The van der Waals surface area contributed by atoms with Crippen LogP contribution in [0, 0.1) is 5.92 Å². The quantitative estimate of drug-likeness (QED) is 0.876. The molecule has 1 heterocycles. The van der Waals surface area contributed by atoms with Crippen LogP contribution in [-0.4, -0.2) is 10.2 Å². The minimum Gasteiger partial charge on any atom is -0.325 e. The molecule has 0 bridgehead atoms. The minimum atomic E-state index is 0.533. The lowest BCUT2D eigenvalue weighted by atomic mass is 9.91. The number of nitrogens with zero attached hydrogens (tertiary/aromatic N) is 1. The van der Waals surface area contributed by atoms with Gasteiger partial charge in [-0.15, -0.1) is 11.8 Å². The Bertz CT molecular complexity index is 323. The van der Waals surface area contributed by atoms with E-state index in [1.54, 1.807) is 0 Å². The van der Waals surface area contributed by atoms with Crippen molar-refractivity contribution in [2.24, 2.45) is 11.7 Å². The van der Waals surface area contributed by atoms with Gasteiger partial charge in [0.2, 0.25) is 0 Å². The third kappa shape index (κ3) is 3.22. The normalized spacial score (nSPS) is 25.6. The second kappa shape index (κ2) is 5.69. The van der Waals surface area contributed by atoms with E-state index in [1.807, 2.05) is 24.0 Å². The summed E-state index contributed by atoms with van der Waals surface area (Å²) in [7, 11) is 0. The van der Waals surface area contributed by atoms with Gasteiger partial charge in [-0.25, -0.2) is 0 Å². The van der Waals surface area contributed by atoms with Crippen LogP contribution in [-0.2, 0) is 6.54 Å². The first kappa shape index (κ1) is 11.9. The largest absolute Gasteiger partial charge is 0.325 e. The molecule has 3 heteroatoms. The molecule has 1 aliphatic carbocycles. The third-order valence-corrected chi connectivity index (χ3v) is 4.47. The van der Waals surface area contributed by atoms with Crippen molar-refractivity contribution >= 4 is 11.8 Å². The van der Waals surface area contributed by atoms with Crippen molar-refractivity contribution in [3.8, 4) is 0 Å². The van der Waals surface area contributed by atoms with Gasteiger partial charge in [0.1, 0.15) is 0 Å². The number of pyridine rings is 1. The molecule has 2 nitrogen and oxygen atoms in total. The van der Waals surface area contributed by atoms with E-state index in [9.17, 15) is 0 Å². The highest BCUT2D eigenvalue weighted by atomic mass is 32.2. The Balaban J connectivity index is 1.92. The van der Waals surface area contributed by atoms with Crippen LogP contribution in [0.5, 0.6) is 0 Å². The standard InChI is InChI=1S/C13H20N2S/c1-10-3-2-4-12(7-10)16-13-6-5-11(8-14)15-9-13/h5-6,9-10,12H,2-4,7-8,14H2,1H3. The molecule has 1 aromatic rings. The van der Waals surface area contributed by atoms with Crippen LogP contribution < -0.4 is 5.73 Å². The smallest absolute Gasteiger partial charge is 0.0540 e. The molecular weight excluding hydrogens is 216 g/mol. The zero-order valence-electron chi connectivity index (χ0n) is 9.86. The van der Waals surface area contributed by atoms with Crippen LogP contribution in [0.3, 0.4) is 0 Å². The molecule has 1 saturated carbocycles. The van der Waals surface area contributed by atoms with Gasteiger partial charge in [-0.3, -0.25) is 4.98 Å². The summed E-state index contributed by atoms with van der Waals surface area (Å²) in [4.78, 5) is 5.62. The second-order valence-corrected chi connectivity index (χ2v) is 6.07. The molecule has 0 radical (unpaired) electrons. The molecule has 0 aliphatic heterocycles. The molecule has 0 saturated heterocycles. The van der Waals surface area contributed by atoms with E-state index in [4.69, 9.17) is 5.73 Å². The van der Waals surface area contributed by atoms with Crippen molar-refractivity contribution in [3.05, 3.63) is 24.0 Å². The molecule has 1 aliphatic rings. The van der Waals surface area contributed by atoms with Gasteiger partial charge in [0.25, 0.3) is 0 Å². The Labute approximate surface area is 102 Å². The molecule has 1 aromatic heterocycles. The van der Waals surface area contributed by atoms with E-state index in [-0.39, 0.29) is 0 Å². The van der Waals surface area contributed by atoms with Crippen LogP contribution >= 0.6 is 11.8 Å². The molecule has 1 fully saturated rings. The summed E-state index contributed by atoms with van der Waals surface area (Å²) < 4.78 is 0. The van der Waals surface area contributed by atoms with Crippen molar-refractivity contribution < 1.29 is 0 Å². The maximum atomic E-state index is 5.53. The molecule has 16 heavy (non-hydrogen) atoms. The fourth-order valence-corrected chi connectivity index (χ4v) is 3.63. The molecule has 2 rings (SSSR count). The number of nitrogens with two attached hydrogens (primary N) is 1. The average molecular weight is 236 g/mol. The summed E-state index contributed by atoms with van der Waals surface area (Å²) in [6.07, 6.45) is 7.46. The van der Waals surface area contributed by atoms with Gasteiger partial charge in [0.15, 0.2) is 0 Å². The number of rotatable bonds is 3. The van der Waals surface area contributed by atoms with Gasteiger partial charge in [-0.05, 0) is 30.9 Å². The van der Waals surface area contributed by atoms with Crippen molar-refractivity contribution in [2.75, 3.05) is 0 Å². The van der Waals surface area contributed by atoms with Gasteiger partial charge >= 0.3 is 0 Å². The summed E-state index contributed by atoms with van der Waals surface area (Å²) >= 11 is 1.98. The topological polar surface area (TPSA) is 38.9 Å². The Kier molecular flexibility index (Phi) is 4.24. The third-order valence-electron chi connectivity index (χ3n) is 3.20. The van der Waals surface area contributed by atoms with Crippen LogP contribution in [0.25, 0.3) is 0 Å². The maximum Gasteiger partial charge on any atom is 0.0540 e. The molecule has 0 spiro atoms. The van der Waals surface area contributed by atoms with Crippen molar-refractivity contribution in [1.82, 2.24) is 4.98 Å². The average Bonchev–Trinajstić information content (AvgIpc) is 2.30. The van der Waals surface area contributed by atoms with Gasteiger partial charge in [0.05, 0.1) is 5.69 Å². The first-order chi connectivity index (χ1) is 7.78. The van der Waals surface area contributed by atoms with Crippen LogP contribution in [0.15, 0.2) is 23.2 Å². The van der Waals surface area contributed by atoms with E-state index in [0.29, 0.717) is 6.54 Å². The summed E-state index contributed by atoms with van der Waals surface area (Å²) in [6.45, 7) is 2.90. The van der Waals surface area contributed by atoms with Gasteiger partial charge < -0.3 is 5.73 Å². The minimum absolute atomic E-state index is 0.533. The number of hydrogen-bond acceptors (Lipinski definition) is 3. The van der Waals surface area contributed by atoms with Gasteiger partial charge in [0, 0.05) is 22.9 Å². The van der Waals surface area contributed by atoms with Crippen LogP contribution in [0.1, 0.15) is 38.3 Å². The molecule has 2 unspecified atom stereocenters. The SMILES string of the molecule is CC1CCCC(Sc2ccc(CN)nc2)C1. The second-order valence-electron chi connectivity index (χ2n) is 4.70. The summed E-state index contributed by atoms with van der Waals surface area (Å²) in [5.41, 5.74) is 6.51. The number of thioether (sulfide) groups is 1. The van der Waals surface area contributed by atoms with E-state index in [0.717, 1.165) is 16.9 Å². The lowest BCUT2D eigenvalue weighted by Gasteiger charge is -2.26. The highest BCUT2D eigenvalue weighted by Crippen LogP contribution is 2.35. The molecule has 0 aromatic carbocycles. The molecular formula is C13H20N2S. The Morgan fingerprint density at radius 3 is 2.94 bits per heavy atom. The molecule has 88 valence electrons. The zero-order valence-corrected chi connectivity index (χ0v) is 10.7. The Morgan fingerprint density at radius 1 is 1.44 bits per heavy atom. The molecule has 2 atom stereocenters. The summed E-state index contributed by atoms with van der Waals surface area (Å²) in [5, 5.41) is 0.786. The van der Waals surface area contributed by atoms with Gasteiger partial charge in [-0.2, -0.15) is 0 Å². The van der Waals surface area contributed by atoms with E-state index >= 15 is 0 Å². The Morgan fingerprint density at radius 2 is 2.31 bits per heavy atom. The van der Waals surface area contributed by atoms with Crippen molar-refractivity contribution in [3.63, 3.8) is 0 Å². The summed E-state index contributed by atoms with van der Waals surface area (Å²) in [6, 6.07) is 4.19.